The SMILES string of the molecule is CNCCN(C)S(=O)(=O)c1cnc[nH]1.Cl. The third kappa shape index (κ3) is 3.45. The average Bonchev–Trinajstić information content (AvgIpc) is 2.67. The van der Waals surface area contributed by atoms with Gasteiger partial charge in [0.1, 0.15) is 0 Å². The van der Waals surface area contributed by atoms with Gasteiger partial charge >= 0.3 is 0 Å². The van der Waals surface area contributed by atoms with Gasteiger partial charge in [-0.3, -0.25) is 0 Å². The summed E-state index contributed by atoms with van der Waals surface area (Å²) < 4.78 is 24.7. The summed E-state index contributed by atoms with van der Waals surface area (Å²) >= 11 is 0. The number of hydrogen-bond donors (Lipinski definition) is 2. The second-order valence-electron chi connectivity index (χ2n) is 2.85. The van der Waals surface area contributed by atoms with Crippen molar-refractivity contribution in [3.05, 3.63) is 12.5 Å². The van der Waals surface area contributed by atoms with Gasteiger partial charge < -0.3 is 10.3 Å². The molecule has 0 amide bonds. The van der Waals surface area contributed by atoms with Crippen molar-refractivity contribution in [3.8, 4) is 0 Å². The van der Waals surface area contributed by atoms with Crippen molar-refractivity contribution in [2.24, 2.45) is 0 Å². The minimum absolute atomic E-state index is 0. The zero-order valence-electron chi connectivity index (χ0n) is 8.60. The minimum atomic E-state index is -3.39. The molecular formula is C7H15ClN4O2S. The third-order valence-electron chi connectivity index (χ3n) is 1.84. The Balaban J connectivity index is 0.00000196. The second-order valence-corrected chi connectivity index (χ2v) is 4.86. The monoisotopic (exact) mass is 254 g/mol. The van der Waals surface area contributed by atoms with Gasteiger partial charge in [0.05, 0.1) is 12.5 Å². The zero-order chi connectivity index (χ0) is 10.6. The van der Waals surface area contributed by atoms with Crippen LogP contribution in [-0.2, 0) is 10.0 Å². The van der Waals surface area contributed by atoms with Gasteiger partial charge in [0.2, 0.25) is 0 Å². The normalized spacial score (nSPS) is 11.4. The molecule has 0 saturated carbocycles. The molecule has 1 heterocycles. The summed E-state index contributed by atoms with van der Waals surface area (Å²) in [7, 11) is -0.0829. The minimum Gasteiger partial charge on any atom is -0.335 e. The number of rotatable bonds is 5. The van der Waals surface area contributed by atoms with E-state index in [2.05, 4.69) is 15.3 Å². The molecule has 0 aliphatic carbocycles. The van der Waals surface area contributed by atoms with Crippen LogP contribution in [0.1, 0.15) is 0 Å². The van der Waals surface area contributed by atoms with Crippen LogP contribution in [0.15, 0.2) is 17.6 Å². The fourth-order valence-corrected chi connectivity index (χ4v) is 2.00. The highest BCUT2D eigenvalue weighted by Crippen LogP contribution is 2.08. The van der Waals surface area contributed by atoms with E-state index in [1.54, 1.807) is 7.05 Å². The molecule has 0 atom stereocenters. The van der Waals surface area contributed by atoms with Gasteiger partial charge in [-0.15, -0.1) is 12.4 Å². The third-order valence-corrected chi connectivity index (χ3v) is 3.62. The van der Waals surface area contributed by atoms with Crippen LogP contribution in [0, 0.1) is 0 Å². The summed E-state index contributed by atoms with van der Waals surface area (Å²) in [5.41, 5.74) is 0. The number of nitrogens with one attached hydrogen (secondary N) is 2. The first-order chi connectivity index (χ1) is 6.59. The Morgan fingerprint density at radius 3 is 2.73 bits per heavy atom. The maximum Gasteiger partial charge on any atom is 0.259 e. The molecule has 0 bridgehead atoms. The predicted octanol–water partition coefficient (Wildman–Crippen LogP) is -0.329. The first-order valence-corrected chi connectivity index (χ1v) is 5.62. The second kappa shape index (κ2) is 6.06. The topological polar surface area (TPSA) is 78.1 Å². The number of imidazole rings is 1. The summed E-state index contributed by atoms with van der Waals surface area (Å²) in [5, 5.41) is 3.01. The lowest BCUT2D eigenvalue weighted by molar-refractivity contribution is 0.464. The molecule has 0 radical (unpaired) electrons. The van der Waals surface area contributed by atoms with Crippen molar-refractivity contribution < 1.29 is 8.42 Å². The molecule has 8 heteroatoms. The molecule has 0 spiro atoms. The summed E-state index contributed by atoms with van der Waals surface area (Å²) in [4.78, 5) is 6.25. The largest absolute Gasteiger partial charge is 0.335 e. The Morgan fingerprint density at radius 1 is 1.60 bits per heavy atom. The highest BCUT2D eigenvalue weighted by Gasteiger charge is 2.21. The van der Waals surface area contributed by atoms with Gasteiger partial charge in [-0.1, -0.05) is 0 Å². The summed E-state index contributed by atoms with van der Waals surface area (Å²) in [5.74, 6) is 0. The quantitative estimate of drug-likeness (QED) is 0.755. The van der Waals surface area contributed by atoms with Crippen molar-refractivity contribution in [2.75, 3.05) is 27.2 Å². The molecule has 1 aromatic heterocycles. The van der Waals surface area contributed by atoms with Crippen molar-refractivity contribution in [2.45, 2.75) is 5.03 Å². The molecule has 6 nitrogen and oxygen atoms in total. The van der Waals surface area contributed by atoms with E-state index >= 15 is 0 Å². The molecule has 2 N–H and O–H groups in total. The van der Waals surface area contributed by atoms with Crippen LogP contribution in [0.5, 0.6) is 0 Å². The van der Waals surface area contributed by atoms with Crippen LogP contribution in [-0.4, -0.2) is 49.9 Å². The number of hydrogen-bond acceptors (Lipinski definition) is 4. The van der Waals surface area contributed by atoms with Crippen molar-refractivity contribution in [3.63, 3.8) is 0 Å². The molecule has 1 rings (SSSR count). The first-order valence-electron chi connectivity index (χ1n) is 4.18. The van der Waals surface area contributed by atoms with E-state index in [-0.39, 0.29) is 17.4 Å². The van der Waals surface area contributed by atoms with E-state index in [9.17, 15) is 8.42 Å². The van der Waals surface area contributed by atoms with Crippen LogP contribution >= 0.6 is 12.4 Å². The van der Waals surface area contributed by atoms with E-state index < -0.39 is 10.0 Å². The van der Waals surface area contributed by atoms with Crippen LogP contribution < -0.4 is 5.32 Å². The number of aromatic amines is 1. The molecule has 15 heavy (non-hydrogen) atoms. The fourth-order valence-electron chi connectivity index (χ4n) is 0.942. The van der Waals surface area contributed by atoms with Crippen LogP contribution in [0.3, 0.4) is 0 Å². The Hall–Kier alpha value is -0.630. The van der Waals surface area contributed by atoms with Gasteiger partial charge in [0.15, 0.2) is 5.03 Å². The van der Waals surface area contributed by atoms with E-state index in [4.69, 9.17) is 0 Å². The molecule has 1 aromatic rings. The van der Waals surface area contributed by atoms with Crippen molar-refractivity contribution in [1.29, 1.82) is 0 Å². The summed E-state index contributed by atoms with van der Waals surface area (Å²) in [6.07, 6.45) is 2.64. The van der Waals surface area contributed by atoms with Gasteiger partial charge in [0.25, 0.3) is 10.0 Å². The van der Waals surface area contributed by atoms with Gasteiger partial charge in [-0.05, 0) is 7.05 Å². The Morgan fingerprint density at radius 2 is 2.27 bits per heavy atom. The Kier molecular flexibility index (Phi) is 5.81. The highest BCUT2D eigenvalue weighted by molar-refractivity contribution is 7.89. The number of nitrogens with zero attached hydrogens (tertiary/aromatic N) is 2. The molecule has 0 aromatic carbocycles. The van der Waals surface area contributed by atoms with Crippen LogP contribution in [0.4, 0.5) is 0 Å². The van der Waals surface area contributed by atoms with Gasteiger partial charge in [-0.2, -0.15) is 4.31 Å². The zero-order valence-corrected chi connectivity index (χ0v) is 10.2. The van der Waals surface area contributed by atoms with Crippen molar-refractivity contribution >= 4 is 22.4 Å². The number of sulfonamides is 1. The van der Waals surface area contributed by atoms with Gasteiger partial charge in [0, 0.05) is 20.1 Å². The molecule has 0 unspecified atom stereocenters. The number of aromatic nitrogens is 2. The smallest absolute Gasteiger partial charge is 0.259 e. The number of H-pyrrole nitrogens is 1. The maximum atomic E-state index is 11.7. The molecule has 0 aliphatic heterocycles. The molecule has 0 aliphatic rings. The molecular weight excluding hydrogens is 240 g/mol. The Labute approximate surface area is 95.5 Å². The highest BCUT2D eigenvalue weighted by atomic mass is 35.5. The lowest BCUT2D eigenvalue weighted by Crippen LogP contribution is -2.33. The lowest BCUT2D eigenvalue weighted by Gasteiger charge is -2.15. The predicted molar refractivity (Wildman–Crippen MR) is 59.6 cm³/mol. The standard InChI is InChI=1S/C7H14N4O2S.ClH/c1-8-3-4-11(2)14(12,13)7-5-9-6-10-7;/h5-6,8H,3-4H2,1-2H3,(H,9,10);1H. The molecule has 88 valence electrons. The summed E-state index contributed by atoms with van der Waals surface area (Å²) in [6, 6.07) is 0. The van der Waals surface area contributed by atoms with E-state index in [0.29, 0.717) is 13.1 Å². The van der Waals surface area contributed by atoms with E-state index in [0.717, 1.165) is 0 Å². The number of likely N-dealkylation sites (N-methyl/N-ethyl adjacent to an activating group) is 2. The van der Waals surface area contributed by atoms with Crippen LogP contribution in [0.25, 0.3) is 0 Å². The number of halogens is 1. The van der Waals surface area contributed by atoms with Gasteiger partial charge in [-0.25, -0.2) is 13.4 Å². The average molecular weight is 255 g/mol. The fraction of sp³-hybridized carbons (Fsp3) is 0.571. The van der Waals surface area contributed by atoms with E-state index in [1.807, 2.05) is 0 Å². The first kappa shape index (κ1) is 14.4. The Bertz CT molecular complexity index is 364. The van der Waals surface area contributed by atoms with Crippen LogP contribution in [0.2, 0.25) is 0 Å². The molecule has 0 saturated heterocycles. The van der Waals surface area contributed by atoms with E-state index in [1.165, 1.54) is 23.9 Å². The maximum absolute atomic E-state index is 11.7. The molecule has 0 fully saturated rings. The van der Waals surface area contributed by atoms with Crippen molar-refractivity contribution in [1.82, 2.24) is 19.6 Å². The lowest BCUT2D eigenvalue weighted by atomic mass is 10.6. The summed E-state index contributed by atoms with van der Waals surface area (Å²) in [6.45, 7) is 1.04.